The Hall–Kier alpha value is -1.04. The smallest absolute Gasteiger partial charge is 0.322 e. The molecule has 0 spiro atoms. The van der Waals surface area contributed by atoms with Crippen molar-refractivity contribution in [3.05, 3.63) is 29.8 Å². The van der Waals surface area contributed by atoms with Crippen LogP contribution >= 0.6 is 11.8 Å². The van der Waals surface area contributed by atoms with Crippen LogP contribution in [0, 0.1) is 0 Å². The van der Waals surface area contributed by atoms with Crippen LogP contribution < -0.4 is 10.9 Å². The third kappa shape index (κ3) is 2.68. The molecule has 0 aliphatic carbocycles. The van der Waals surface area contributed by atoms with Crippen molar-refractivity contribution < 1.29 is 9.90 Å². The van der Waals surface area contributed by atoms with Gasteiger partial charge in [0.2, 0.25) is 0 Å². The van der Waals surface area contributed by atoms with Crippen LogP contribution in [-0.4, -0.2) is 28.9 Å². The molecule has 4 nitrogen and oxygen atoms in total. The van der Waals surface area contributed by atoms with E-state index in [9.17, 15) is 9.90 Å². The average Bonchev–Trinajstić information content (AvgIpc) is 2.73. The predicted molar refractivity (Wildman–Crippen MR) is 72.7 cm³/mol. The third-order valence-electron chi connectivity index (χ3n) is 3.21. The fourth-order valence-electron chi connectivity index (χ4n) is 2.34. The van der Waals surface area contributed by atoms with Crippen LogP contribution in [0.2, 0.25) is 0 Å². The summed E-state index contributed by atoms with van der Waals surface area (Å²) < 4.78 is 0. The summed E-state index contributed by atoms with van der Waals surface area (Å²) in [4.78, 5) is 12.4. The molecule has 0 radical (unpaired) electrons. The Kier molecular flexibility index (Phi) is 4.27. The van der Waals surface area contributed by atoms with Gasteiger partial charge in [-0.1, -0.05) is 19.1 Å². The second kappa shape index (κ2) is 5.73. The van der Waals surface area contributed by atoms with Gasteiger partial charge in [-0.3, -0.25) is 10.2 Å². The number of hydrazine groups is 1. The van der Waals surface area contributed by atoms with Gasteiger partial charge in [-0.25, -0.2) is 5.43 Å². The summed E-state index contributed by atoms with van der Waals surface area (Å²) in [6.45, 7) is 4.11. The van der Waals surface area contributed by atoms with Gasteiger partial charge in [-0.15, -0.1) is 11.8 Å². The molecule has 0 saturated carbocycles. The van der Waals surface area contributed by atoms with Crippen LogP contribution in [-0.2, 0) is 4.79 Å². The highest BCUT2D eigenvalue weighted by Crippen LogP contribution is 2.29. The molecule has 1 heterocycles. The van der Waals surface area contributed by atoms with Crippen LogP contribution in [0.5, 0.6) is 0 Å². The van der Waals surface area contributed by atoms with Gasteiger partial charge in [-0.05, 0) is 30.4 Å². The van der Waals surface area contributed by atoms with Crippen molar-refractivity contribution in [2.75, 3.05) is 5.75 Å². The maximum absolute atomic E-state index is 11.2. The zero-order valence-corrected chi connectivity index (χ0v) is 11.3. The van der Waals surface area contributed by atoms with E-state index in [-0.39, 0.29) is 12.0 Å². The topological polar surface area (TPSA) is 61.4 Å². The monoisotopic (exact) mass is 266 g/mol. The molecule has 1 aliphatic rings. The lowest BCUT2D eigenvalue weighted by Crippen LogP contribution is -2.38. The van der Waals surface area contributed by atoms with Crippen LogP contribution in [0.4, 0.5) is 0 Å². The lowest BCUT2D eigenvalue weighted by Gasteiger charge is -2.18. The van der Waals surface area contributed by atoms with Crippen LogP contribution in [0.15, 0.2) is 29.2 Å². The Labute approximate surface area is 111 Å². The van der Waals surface area contributed by atoms with E-state index in [0.717, 1.165) is 11.3 Å². The SMILES string of the molecule is CCSc1ccc(C2C(C)NNC2C(=O)O)cc1. The fraction of sp³-hybridized carbons (Fsp3) is 0.462. The van der Waals surface area contributed by atoms with Crippen LogP contribution in [0.3, 0.4) is 0 Å². The third-order valence-corrected chi connectivity index (χ3v) is 4.10. The molecule has 0 bridgehead atoms. The minimum atomic E-state index is -0.816. The van der Waals surface area contributed by atoms with Gasteiger partial charge < -0.3 is 5.11 Å². The molecule has 2 rings (SSSR count). The van der Waals surface area contributed by atoms with E-state index in [4.69, 9.17) is 0 Å². The van der Waals surface area contributed by atoms with Gasteiger partial charge in [-0.2, -0.15) is 0 Å². The Morgan fingerprint density at radius 3 is 2.56 bits per heavy atom. The molecular weight excluding hydrogens is 248 g/mol. The number of hydrogen-bond donors (Lipinski definition) is 3. The number of thioether (sulfide) groups is 1. The van der Waals surface area contributed by atoms with Crippen molar-refractivity contribution in [2.45, 2.75) is 36.7 Å². The van der Waals surface area contributed by atoms with Crippen molar-refractivity contribution in [1.29, 1.82) is 0 Å². The highest BCUT2D eigenvalue weighted by atomic mass is 32.2. The Balaban J connectivity index is 2.20. The Bertz CT molecular complexity index is 422. The van der Waals surface area contributed by atoms with Gasteiger partial charge in [0.05, 0.1) is 0 Å². The minimum Gasteiger partial charge on any atom is -0.480 e. The summed E-state index contributed by atoms with van der Waals surface area (Å²) in [5.41, 5.74) is 6.91. The first-order chi connectivity index (χ1) is 8.63. The molecule has 0 amide bonds. The zero-order chi connectivity index (χ0) is 13.1. The van der Waals surface area contributed by atoms with Gasteiger partial charge in [0.1, 0.15) is 6.04 Å². The maximum atomic E-state index is 11.2. The Morgan fingerprint density at radius 1 is 1.33 bits per heavy atom. The fourth-order valence-corrected chi connectivity index (χ4v) is 3.00. The second-order valence-electron chi connectivity index (χ2n) is 4.42. The zero-order valence-electron chi connectivity index (χ0n) is 10.5. The minimum absolute atomic E-state index is 0.0387. The molecule has 3 atom stereocenters. The largest absolute Gasteiger partial charge is 0.480 e. The second-order valence-corrected chi connectivity index (χ2v) is 5.76. The van der Waals surface area contributed by atoms with Crippen molar-refractivity contribution in [2.24, 2.45) is 0 Å². The quantitative estimate of drug-likeness (QED) is 0.726. The van der Waals surface area contributed by atoms with E-state index in [1.165, 1.54) is 4.90 Å². The van der Waals surface area contributed by atoms with E-state index in [2.05, 4.69) is 29.9 Å². The number of carbonyl (C=O) groups is 1. The first kappa shape index (κ1) is 13.4. The molecule has 18 heavy (non-hydrogen) atoms. The van der Waals surface area contributed by atoms with Gasteiger partial charge in [0.15, 0.2) is 0 Å². The van der Waals surface area contributed by atoms with Crippen molar-refractivity contribution in [3.8, 4) is 0 Å². The standard InChI is InChI=1S/C13H18N2O2S/c1-3-18-10-6-4-9(5-7-10)11-8(2)14-15-12(11)13(16)17/h4-8,11-12,14-15H,3H2,1-2H3,(H,16,17). The summed E-state index contributed by atoms with van der Waals surface area (Å²) in [7, 11) is 0. The maximum Gasteiger partial charge on any atom is 0.322 e. The number of benzene rings is 1. The Morgan fingerprint density at radius 2 is 2.00 bits per heavy atom. The number of carboxylic acid groups (broad SMARTS) is 1. The number of nitrogens with one attached hydrogen (secondary N) is 2. The molecule has 98 valence electrons. The molecule has 1 saturated heterocycles. The average molecular weight is 266 g/mol. The molecule has 1 aromatic rings. The van der Waals surface area contributed by atoms with Gasteiger partial charge in [0, 0.05) is 16.9 Å². The van der Waals surface area contributed by atoms with E-state index < -0.39 is 12.0 Å². The lowest BCUT2D eigenvalue weighted by atomic mass is 9.88. The first-order valence-corrected chi connectivity index (χ1v) is 7.08. The van der Waals surface area contributed by atoms with Gasteiger partial charge in [0.25, 0.3) is 0 Å². The molecule has 1 fully saturated rings. The summed E-state index contributed by atoms with van der Waals surface area (Å²) in [5.74, 6) is 0.187. The number of hydrogen-bond acceptors (Lipinski definition) is 4. The summed E-state index contributed by atoms with van der Waals surface area (Å²) in [6.07, 6.45) is 0. The molecule has 0 aromatic heterocycles. The van der Waals surface area contributed by atoms with Crippen molar-refractivity contribution in [1.82, 2.24) is 10.9 Å². The normalized spacial score (nSPS) is 27.3. The van der Waals surface area contributed by atoms with Crippen molar-refractivity contribution in [3.63, 3.8) is 0 Å². The van der Waals surface area contributed by atoms with Crippen LogP contribution in [0.1, 0.15) is 25.3 Å². The number of carboxylic acids is 1. The van der Waals surface area contributed by atoms with E-state index in [1.807, 2.05) is 19.1 Å². The molecule has 3 unspecified atom stereocenters. The molecule has 1 aromatic carbocycles. The molecular formula is C13H18N2O2S. The summed E-state index contributed by atoms with van der Waals surface area (Å²) >= 11 is 1.79. The van der Waals surface area contributed by atoms with E-state index >= 15 is 0 Å². The van der Waals surface area contributed by atoms with Gasteiger partial charge >= 0.3 is 5.97 Å². The first-order valence-electron chi connectivity index (χ1n) is 6.10. The summed E-state index contributed by atoms with van der Waals surface area (Å²) in [6, 6.07) is 7.73. The lowest BCUT2D eigenvalue weighted by molar-refractivity contribution is -0.139. The summed E-state index contributed by atoms with van der Waals surface area (Å²) in [5, 5.41) is 9.19. The van der Waals surface area contributed by atoms with E-state index in [0.29, 0.717) is 0 Å². The van der Waals surface area contributed by atoms with E-state index in [1.54, 1.807) is 11.8 Å². The molecule has 1 aliphatic heterocycles. The number of rotatable bonds is 4. The number of aliphatic carboxylic acids is 1. The highest BCUT2D eigenvalue weighted by molar-refractivity contribution is 7.99. The highest BCUT2D eigenvalue weighted by Gasteiger charge is 2.38. The predicted octanol–water partition coefficient (Wildman–Crippen LogP) is 1.83. The van der Waals surface area contributed by atoms with Crippen LogP contribution in [0.25, 0.3) is 0 Å². The van der Waals surface area contributed by atoms with Crippen molar-refractivity contribution >= 4 is 17.7 Å². The molecule has 5 heteroatoms. The molecule has 3 N–H and O–H groups in total.